The van der Waals surface area contributed by atoms with E-state index in [4.69, 9.17) is 4.74 Å². The summed E-state index contributed by atoms with van der Waals surface area (Å²) in [6.07, 6.45) is 2.27. The van der Waals surface area contributed by atoms with Gasteiger partial charge in [-0.1, -0.05) is 91.0 Å². The minimum absolute atomic E-state index is 0.374. The Morgan fingerprint density at radius 2 is 1.45 bits per heavy atom. The van der Waals surface area contributed by atoms with Crippen molar-refractivity contribution >= 4 is 6.21 Å². The molecule has 0 radical (unpaired) electrons. The molecule has 0 aliphatic carbocycles. The highest BCUT2D eigenvalue weighted by Gasteiger charge is 2.42. The van der Waals surface area contributed by atoms with Crippen LogP contribution in [0.25, 0.3) is 0 Å². The number of rotatable bonds is 6. The van der Waals surface area contributed by atoms with Crippen LogP contribution in [0.1, 0.15) is 28.8 Å². The molecule has 0 aromatic heterocycles. The summed E-state index contributed by atoms with van der Waals surface area (Å²) >= 11 is 0. The van der Waals surface area contributed by atoms with Crippen molar-refractivity contribution in [3.8, 4) is 0 Å². The van der Waals surface area contributed by atoms with E-state index in [0.29, 0.717) is 12.4 Å². The van der Waals surface area contributed by atoms with Gasteiger partial charge in [-0.3, -0.25) is 0 Å². The van der Waals surface area contributed by atoms with Crippen LogP contribution in [-0.4, -0.2) is 16.1 Å². The van der Waals surface area contributed by atoms with Crippen molar-refractivity contribution in [2.75, 3.05) is 0 Å². The maximum absolute atomic E-state index is 12.8. The molecule has 3 atom stereocenters. The molecule has 1 aliphatic heterocycles. The average molecular weight is 385 g/mol. The number of hydroxylamine groups is 1. The van der Waals surface area contributed by atoms with Gasteiger partial charge in [-0.25, -0.2) is 4.74 Å². The Bertz CT molecular complexity index is 984. The third kappa shape index (κ3) is 4.23. The first kappa shape index (κ1) is 19.0. The summed E-state index contributed by atoms with van der Waals surface area (Å²) in [5.41, 5.74) is 2.62. The summed E-state index contributed by atoms with van der Waals surface area (Å²) in [6.45, 7) is 0.374. The third-order valence-electron chi connectivity index (χ3n) is 5.20. The van der Waals surface area contributed by atoms with E-state index in [1.165, 1.54) is 6.21 Å². The van der Waals surface area contributed by atoms with Gasteiger partial charge in [-0.05, 0) is 11.1 Å². The molecule has 1 unspecified atom stereocenters. The molecular formula is C25H23NO3. The summed E-state index contributed by atoms with van der Waals surface area (Å²) < 4.78 is 7.03. The van der Waals surface area contributed by atoms with E-state index < -0.39 is 18.1 Å². The van der Waals surface area contributed by atoms with Crippen LogP contribution in [0.3, 0.4) is 0 Å². The lowest BCUT2D eigenvalue weighted by atomic mass is 9.82. The first-order chi connectivity index (χ1) is 14.2. The normalized spacial score (nSPS) is 19.8. The summed E-state index contributed by atoms with van der Waals surface area (Å²) in [5.74, 6) is 0.0668. The fourth-order valence-corrected chi connectivity index (χ4v) is 3.74. The maximum atomic E-state index is 12.8. The van der Waals surface area contributed by atoms with Gasteiger partial charge in [0.1, 0.15) is 18.3 Å². The number of benzene rings is 3. The number of nitrogens with zero attached hydrogens (tertiary/aromatic N) is 1. The quantitative estimate of drug-likeness (QED) is 0.491. The zero-order valence-corrected chi connectivity index (χ0v) is 16.0. The molecule has 146 valence electrons. The molecule has 3 aromatic rings. The number of aliphatic hydroxyl groups excluding tert-OH is 1. The first-order valence-electron chi connectivity index (χ1n) is 9.69. The van der Waals surface area contributed by atoms with Gasteiger partial charge in [0, 0.05) is 11.6 Å². The molecule has 4 heteroatoms. The van der Waals surface area contributed by atoms with Crippen LogP contribution in [0.15, 0.2) is 103 Å². The minimum Gasteiger partial charge on any atom is -0.623 e. The number of hydrogen-bond donors (Lipinski definition) is 1. The van der Waals surface area contributed by atoms with Crippen molar-refractivity contribution in [2.45, 2.75) is 18.8 Å². The molecular weight excluding hydrogens is 362 g/mol. The number of ether oxygens (including phenoxy) is 1. The number of aliphatic hydroxyl groups is 1. The van der Waals surface area contributed by atoms with Gasteiger partial charge in [-0.2, -0.15) is 0 Å². The standard InChI is InChI=1S/C25H23NO3/c27-25(21-14-8-3-9-15-21)23-22(29-18-19-10-4-1-5-11-19)16-17-26(28)24(23)20-12-6-2-7-13-20/h1-17,23-25,27H,18H2/t23-,24+,25?/m1/s1. The van der Waals surface area contributed by atoms with E-state index in [1.807, 2.05) is 91.0 Å². The molecule has 0 spiro atoms. The Morgan fingerprint density at radius 3 is 2.10 bits per heavy atom. The third-order valence-corrected chi connectivity index (χ3v) is 5.20. The Labute approximate surface area is 170 Å². The second-order valence-corrected chi connectivity index (χ2v) is 7.09. The summed E-state index contributed by atoms with van der Waals surface area (Å²) in [6, 6.07) is 28.2. The molecule has 1 heterocycles. The van der Waals surface area contributed by atoms with Gasteiger partial charge in [0.2, 0.25) is 6.04 Å². The van der Waals surface area contributed by atoms with Crippen LogP contribution < -0.4 is 0 Å². The summed E-state index contributed by atoms with van der Waals surface area (Å²) in [5, 5.41) is 24.1. The van der Waals surface area contributed by atoms with E-state index in [2.05, 4.69) is 0 Å². The Hall–Kier alpha value is -3.37. The smallest absolute Gasteiger partial charge is 0.201 e. The van der Waals surface area contributed by atoms with Crippen LogP contribution in [0.4, 0.5) is 0 Å². The maximum Gasteiger partial charge on any atom is 0.201 e. The predicted molar refractivity (Wildman–Crippen MR) is 113 cm³/mol. The van der Waals surface area contributed by atoms with Crippen molar-refractivity contribution in [1.29, 1.82) is 0 Å². The van der Waals surface area contributed by atoms with E-state index >= 15 is 0 Å². The van der Waals surface area contributed by atoms with Crippen LogP contribution >= 0.6 is 0 Å². The van der Waals surface area contributed by atoms with Crippen LogP contribution in [-0.2, 0) is 11.3 Å². The Balaban J connectivity index is 1.69. The van der Waals surface area contributed by atoms with Gasteiger partial charge < -0.3 is 15.1 Å². The zero-order chi connectivity index (χ0) is 20.1. The van der Waals surface area contributed by atoms with E-state index in [0.717, 1.165) is 21.4 Å². The second kappa shape index (κ2) is 8.76. The molecule has 0 bridgehead atoms. The molecule has 0 saturated carbocycles. The van der Waals surface area contributed by atoms with Crippen LogP contribution in [0, 0.1) is 11.1 Å². The summed E-state index contributed by atoms with van der Waals surface area (Å²) in [7, 11) is 0. The van der Waals surface area contributed by atoms with Crippen molar-refractivity contribution in [1.82, 2.24) is 0 Å². The largest absolute Gasteiger partial charge is 0.623 e. The molecule has 0 saturated heterocycles. The topological polar surface area (TPSA) is 55.5 Å². The summed E-state index contributed by atoms with van der Waals surface area (Å²) in [4.78, 5) is 0. The highest BCUT2D eigenvalue weighted by molar-refractivity contribution is 5.68. The molecule has 0 fully saturated rings. The van der Waals surface area contributed by atoms with Crippen LogP contribution in [0.2, 0.25) is 0 Å². The highest BCUT2D eigenvalue weighted by Crippen LogP contribution is 2.42. The van der Waals surface area contributed by atoms with Crippen LogP contribution in [0.5, 0.6) is 0 Å². The number of hydrogen-bond acceptors (Lipinski definition) is 3. The molecule has 4 nitrogen and oxygen atoms in total. The van der Waals surface area contributed by atoms with Crippen molar-refractivity contribution in [3.05, 3.63) is 125 Å². The fourth-order valence-electron chi connectivity index (χ4n) is 3.74. The molecule has 1 N–H and O–H groups in total. The monoisotopic (exact) mass is 385 g/mol. The zero-order valence-electron chi connectivity index (χ0n) is 16.0. The lowest BCUT2D eigenvalue weighted by molar-refractivity contribution is -0.518. The second-order valence-electron chi connectivity index (χ2n) is 7.09. The molecule has 4 rings (SSSR count). The fraction of sp³-hybridized carbons (Fsp3) is 0.160. The average Bonchev–Trinajstić information content (AvgIpc) is 2.79. The molecule has 3 aromatic carbocycles. The van der Waals surface area contributed by atoms with Crippen molar-refractivity contribution < 1.29 is 14.6 Å². The van der Waals surface area contributed by atoms with Crippen molar-refractivity contribution in [2.24, 2.45) is 5.92 Å². The molecule has 0 amide bonds. The SMILES string of the molecule is [O-][N+]1=CC=C(OCc2ccccc2)[C@@H](C(O)c2ccccc2)[C@@H]1c1ccccc1. The lowest BCUT2D eigenvalue weighted by Crippen LogP contribution is -2.33. The van der Waals surface area contributed by atoms with Gasteiger partial charge in [0.15, 0.2) is 6.21 Å². The van der Waals surface area contributed by atoms with Gasteiger partial charge in [0.05, 0.1) is 6.10 Å². The highest BCUT2D eigenvalue weighted by atomic mass is 16.5. The number of allylic oxidation sites excluding steroid dienone is 1. The van der Waals surface area contributed by atoms with Crippen molar-refractivity contribution in [3.63, 3.8) is 0 Å². The van der Waals surface area contributed by atoms with E-state index in [1.54, 1.807) is 6.08 Å². The predicted octanol–water partition coefficient (Wildman–Crippen LogP) is 4.77. The van der Waals surface area contributed by atoms with Gasteiger partial charge in [-0.15, -0.1) is 0 Å². The van der Waals surface area contributed by atoms with E-state index in [9.17, 15) is 10.3 Å². The Kier molecular flexibility index (Phi) is 5.73. The molecule has 1 aliphatic rings. The van der Waals surface area contributed by atoms with Gasteiger partial charge in [0.25, 0.3) is 0 Å². The van der Waals surface area contributed by atoms with Gasteiger partial charge >= 0.3 is 0 Å². The first-order valence-corrected chi connectivity index (χ1v) is 9.69. The lowest BCUT2D eigenvalue weighted by Gasteiger charge is -2.33. The van der Waals surface area contributed by atoms with E-state index in [-0.39, 0.29) is 0 Å². The minimum atomic E-state index is -0.881. The Morgan fingerprint density at radius 1 is 0.862 bits per heavy atom. The molecule has 29 heavy (non-hydrogen) atoms.